The highest BCUT2D eigenvalue weighted by atomic mass is 16.3. The monoisotopic (exact) mass is 207 g/mol. The molecule has 0 bridgehead atoms. The lowest BCUT2D eigenvalue weighted by Crippen LogP contribution is -2.42. The van der Waals surface area contributed by atoms with E-state index in [9.17, 15) is 10.2 Å². The van der Waals surface area contributed by atoms with Crippen LogP contribution in [0.2, 0.25) is 0 Å². The van der Waals surface area contributed by atoms with E-state index in [1.54, 1.807) is 0 Å². The Morgan fingerprint density at radius 2 is 2.07 bits per heavy atom. The van der Waals surface area contributed by atoms with E-state index in [1.807, 2.05) is 30.3 Å². The van der Waals surface area contributed by atoms with E-state index in [0.29, 0.717) is 25.8 Å². The quantitative estimate of drug-likeness (QED) is 0.648. The summed E-state index contributed by atoms with van der Waals surface area (Å²) in [4.78, 5) is 0. The van der Waals surface area contributed by atoms with Crippen LogP contribution in [0.3, 0.4) is 0 Å². The van der Waals surface area contributed by atoms with Crippen molar-refractivity contribution in [3.8, 4) is 0 Å². The zero-order valence-electron chi connectivity index (χ0n) is 8.69. The minimum atomic E-state index is -0.880. The number of benzene rings is 1. The zero-order valence-corrected chi connectivity index (χ0v) is 8.69. The van der Waals surface area contributed by atoms with E-state index in [0.717, 1.165) is 5.56 Å². The van der Waals surface area contributed by atoms with Crippen LogP contribution in [0.4, 0.5) is 0 Å². The molecular weight excluding hydrogens is 190 g/mol. The molecule has 1 aliphatic carbocycles. The van der Waals surface area contributed by atoms with E-state index < -0.39 is 5.72 Å². The van der Waals surface area contributed by atoms with Gasteiger partial charge >= 0.3 is 0 Å². The lowest BCUT2D eigenvalue weighted by atomic mass is 10.1. The summed E-state index contributed by atoms with van der Waals surface area (Å²) in [5.41, 5.74) is 0.266. The number of aliphatic hydroxyl groups excluding tert-OH is 1. The predicted octanol–water partition coefficient (Wildman–Crippen LogP) is 1.01. The lowest BCUT2D eigenvalue weighted by molar-refractivity contribution is -0.00152. The van der Waals surface area contributed by atoms with Gasteiger partial charge < -0.3 is 10.2 Å². The molecule has 0 spiro atoms. The van der Waals surface area contributed by atoms with Gasteiger partial charge in [0.2, 0.25) is 0 Å². The van der Waals surface area contributed by atoms with E-state index in [-0.39, 0.29) is 6.10 Å². The standard InChI is InChI=1S/C12H17NO2/c14-11-6-7-12(15,8-11)13-9-10-4-2-1-3-5-10/h1-5,11,13-15H,6-9H2. The number of hydrogen-bond donors (Lipinski definition) is 3. The molecule has 3 heteroatoms. The van der Waals surface area contributed by atoms with Crippen molar-refractivity contribution in [1.29, 1.82) is 0 Å². The summed E-state index contributed by atoms with van der Waals surface area (Å²) in [6.07, 6.45) is 1.37. The number of rotatable bonds is 3. The second kappa shape index (κ2) is 4.31. The molecule has 0 heterocycles. The molecule has 1 aromatic rings. The Kier molecular flexibility index (Phi) is 3.05. The van der Waals surface area contributed by atoms with Gasteiger partial charge in [0.25, 0.3) is 0 Å². The minimum absolute atomic E-state index is 0.363. The molecule has 0 aromatic heterocycles. The minimum Gasteiger partial charge on any atom is -0.393 e. The topological polar surface area (TPSA) is 52.5 Å². The van der Waals surface area contributed by atoms with Crippen molar-refractivity contribution in [2.45, 2.75) is 37.6 Å². The Morgan fingerprint density at radius 3 is 2.67 bits per heavy atom. The van der Waals surface area contributed by atoms with Crippen LogP contribution in [-0.2, 0) is 6.54 Å². The molecule has 82 valence electrons. The first-order valence-corrected chi connectivity index (χ1v) is 5.37. The second-order valence-corrected chi connectivity index (χ2v) is 4.27. The van der Waals surface area contributed by atoms with Crippen LogP contribution in [-0.4, -0.2) is 22.0 Å². The van der Waals surface area contributed by atoms with Crippen molar-refractivity contribution in [2.24, 2.45) is 0 Å². The fourth-order valence-electron chi connectivity index (χ4n) is 2.02. The fraction of sp³-hybridized carbons (Fsp3) is 0.500. The van der Waals surface area contributed by atoms with Gasteiger partial charge in [-0.1, -0.05) is 30.3 Å². The highest BCUT2D eigenvalue weighted by Gasteiger charge is 2.35. The van der Waals surface area contributed by atoms with Gasteiger partial charge in [-0.15, -0.1) is 0 Å². The van der Waals surface area contributed by atoms with Crippen LogP contribution in [0.25, 0.3) is 0 Å². The number of hydrogen-bond acceptors (Lipinski definition) is 3. The number of aliphatic hydroxyl groups is 2. The van der Waals surface area contributed by atoms with E-state index in [4.69, 9.17) is 0 Å². The maximum atomic E-state index is 10.1. The largest absolute Gasteiger partial charge is 0.393 e. The van der Waals surface area contributed by atoms with Gasteiger partial charge in [-0.05, 0) is 18.4 Å². The molecule has 0 radical (unpaired) electrons. The lowest BCUT2D eigenvalue weighted by Gasteiger charge is -2.24. The van der Waals surface area contributed by atoms with E-state index in [1.165, 1.54) is 0 Å². The molecule has 1 fully saturated rings. The highest BCUT2D eigenvalue weighted by Crippen LogP contribution is 2.27. The highest BCUT2D eigenvalue weighted by molar-refractivity contribution is 5.14. The predicted molar refractivity (Wildman–Crippen MR) is 58.1 cm³/mol. The van der Waals surface area contributed by atoms with Crippen molar-refractivity contribution in [3.05, 3.63) is 35.9 Å². The first-order valence-electron chi connectivity index (χ1n) is 5.37. The number of nitrogens with one attached hydrogen (secondary N) is 1. The van der Waals surface area contributed by atoms with Crippen LogP contribution in [0.1, 0.15) is 24.8 Å². The molecule has 0 saturated heterocycles. The summed E-state index contributed by atoms with van der Waals surface area (Å²) in [5.74, 6) is 0. The van der Waals surface area contributed by atoms with Crippen molar-refractivity contribution >= 4 is 0 Å². The third-order valence-corrected chi connectivity index (χ3v) is 2.93. The van der Waals surface area contributed by atoms with Crippen LogP contribution in [0.5, 0.6) is 0 Å². The van der Waals surface area contributed by atoms with Crippen molar-refractivity contribution in [3.63, 3.8) is 0 Å². The van der Waals surface area contributed by atoms with Gasteiger partial charge in [-0.25, -0.2) is 0 Å². The van der Waals surface area contributed by atoms with E-state index in [2.05, 4.69) is 5.32 Å². The van der Waals surface area contributed by atoms with Gasteiger partial charge in [0.1, 0.15) is 5.72 Å². The van der Waals surface area contributed by atoms with E-state index >= 15 is 0 Å². The van der Waals surface area contributed by atoms with Crippen molar-refractivity contribution < 1.29 is 10.2 Å². The summed E-state index contributed by atoms with van der Waals surface area (Å²) in [5, 5.41) is 22.5. The maximum absolute atomic E-state index is 10.1. The molecule has 15 heavy (non-hydrogen) atoms. The summed E-state index contributed by atoms with van der Waals surface area (Å²) in [6, 6.07) is 9.95. The van der Waals surface area contributed by atoms with Gasteiger partial charge in [-0.2, -0.15) is 0 Å². The third kappa shape index (κ3) is 2.78. The molecular formula is C12H17NO2. The second-order valence-electron chi connectivity index (χ2n) is 4.27. The first-order chi connectivity index (χ1) is 7.18. The Hall–Kier alpha value is -0.900. The summed E-state index contributed by atoms with van der Waals surface area (Å²) < 4.78 is 0. The molecule has 0 amide bonds. The van der Waals surface area contributed by atoms with Gasteiger partial charge in [0, 0.05) is 13.0 Å². The Labute approximate surface area is 89.8 Å². The molecule has 1 aromatic carbocycles. The van der Waals surface area contributed by atoms with Gasteiger partial charge in [-0.3, -0.25) is 5.32 Å². The molecule has 0 aliphatic heterocycles. The Balaban J connectivity index is 1.88. The molecule has 2 atom stereocenters. The molecule has 1 saturated carbocycles. The summed E-state index contributed by atoms with van der Waals surface area (Å²) in [6.45, 7) is 0.643. The molecule has 2 unspecified atom stereocenters. The maximum Gasteiger partial charge on any atom is 0.118 e. The zero-order chi connectivity index (χ0) is 10.7. The van der Waals surface area contributed by atoms with Gasteiger partial charge in [0.15, 0.2) is 0 Å². The molecule has 2 rings (SSSR count). The Morgan fingerprint density at radius 1 is 1.33 bits per heavy atom. The van der Waals surface area contributed by atoms with Gasteiger partial charge in [0.05, 0.1) is 6.10 Å². The van der Waals surface area contributed by atoms with Crippen LogP contribution >= 0.6 is 0 Å². The molecule has 3 nitrogen and oxygen atoms in total. The summed E-state index contributed by atoms with van der Waals surface area (Å²) in [7, 11) is 0. The SMILES string of the molecule is OC1CCC(O)(NCc2ccccc2)C1. The van der Waals surface area contributed by atoms with Crippen molar-refractivity contribution in [1.82, 2.24) is 5.32 Å². The Bertz CT molecular complexity index is 315. The molecule has 1 aliphatic rings. The average molecular weight is 207 g/mol. The van der Waals surface area contributed by atoms with Crippen molar-refractivity contribution in [2.75, 3.05) is 0 Å². The average Bonchev–Trinajstić information content (AvgIpc) is 2.58. The molecule has 3 N–H and O–H groups in total. The third-order valence-electron chi connectivity index (χ3n) is 2.93. The smallest absolute Gasteiger partial charge is 0.118 e. The van der Waals surface area contributed by atoms with Crippen LogP contribution in [0, 0.1) is 0 Å². The van der Waals surface area contributed by atoms with Crippen LogP contribution < -0.4 is 5.32 Å². The summed E-state index contributed by atoms with van der Waals surface area (Å²) >= 11 is 0. The fourth-order valence-corrected chi connectivity index (χ4v) is 2.02. The normalized spacial score (nSPS) is 30.7. The van der Waals surface area contributed by atoms with Crippen LogP contribution in [0.15, 0.2) is 30.3 Å². The first kappa shape index (κ1) is 10.6.